The Morgan fingerprint density at radius 2 is 1.97 bits per heavy atom. The predicted octanol–water partition coefficient (Wildman–Crippen LogP) is 3.17. The molecule has 1 N–H and O–H groups in total. The molecule has 0 amide bonds. The number of anilines is 1. The van der Waals surface area contributed by atoms with Crippen LogP contribution in [-0.2, 0) is 13.6 Å². The topological polar surface area (TPSA) is 91.8 Å². The summed E-state index contributed by atoms with van der Waals surface area (Å²) in [6.45, 7) is 5.07. The molecule has 3 heterocycles. The highest BCUT2D eigenvalue weighted by molar-refractivity contribution is 6.31. The molecular weight excluding hydrogens is 450 g/mol. The number of piperazine rings is 1. The molecule has 4 aromatic rings. The van der Waals surface area contributed by atoms with Gasteiger partial charge >= 0.3 is 0 Å². The zero-order chi connectivity index (χ0) is 23.8. The van der Waals surface area contributed by atoms with E-state index < -0.39 is 0 Å². The number of hydrogen-bond donors (Lipinski definition) is 1. The van der Waals surface area contributed by atoms with Crippen molar-refractivity contribution in [3.05, 3.63) is 75.3 Å². The summed E-state index contributed by atoms with van der Waals surface area (Å²) in [5, 5.41) is 14.7. The highest BCUT2D eigenvalue weighted by atomic mass is 35.5. The summed E-state index contributed by atoms with van der Waals surface area (Å²) in [6, 6.07) is 13.8. The normalized spacial score (nSPS) is 16.1. The summed E-state index contributed by atoms with van der Waals surface area (Å²) < 4.78 is 3.34. The van der Waals surface area contributed by atoms with Crippen molar-refractivity contribution in [2.45, 2.75) is 19.5 Å². The van der Waals surface area contributed by atoms with Crippen LogP contribution in [0.5, 0.6) is 0 Å². The van der Waals surface area contributed by atoms with Gasteiger partial charge in [0.25, 0.3) is 5.56 Å². The second-order valence-corrected chi connectivity index (χ2v) is 8.95. The maximum atomic E-state index is 13.0. The van der Waals surface area contributed by atoms with Crippen LogP contribution in [0.1, 0.15) is 18.1 Å². The van der Waals surface area contributed by atoms with Crippen molar-refractivity contribution in [3.63, 3.8) is 0 Å². The molecule has 0 spiro atoms. The largest absolute Gasteiger partial charge is 0.338 e. The number of rotatable bonds is 4. The van der Waals surface area contributed by atoms with Gasteiger partial charge in [-0.05, 0) is 24.6 Å². The van der Waals surface area contributed by atoms with Gasteiger partial charge in [0, 0.05) is 61.3 Å². The monoisotopic (exact) mass is 473 g/mol. The van der Waals surface area contributed by atoms with Gasteiger partial charge < -0.3 is 10.2 Å². The van der Waals surface area contributed by atoms with Crippen LogP contribution in [0.25, 0.3) is 22.0 Å². The Balaban J connectivity index is 1.60. The molecule has 0 aliphatic carbocycles. The molecule has 8 nitrogen and oxygen atoms in total. The molecule has 1 saturated heterocycles. The summed E-state index contributed by atoms with van der Waals surface area (Å²) in [7, 11) is 1.70. The number of fused-ring (bicyclic) bond motifs is 1. The smallest absolute Gasteiger partial charge is 0.274 e. The summed E-state index contributed by atoms with van der Waals surface area (Å²) in [5.74, 6) is 0.673. The van der Waals surface area contributed by atoms with Crippen LogP contribution >= 0.6 is 11.6 Å². The van der Waals surface area contributed by atoms with Gasteiger partial charge in [-0.1, -0.05) is 35.9 Å². The molecule has 0 bridgehead atoms. The SMILES string of the molecule is CC1CN(c2ncc(-c3ccc4c(=O)n(C)n(Cc5ccccc5Cl)c4c3C#N)cn2)CCN1. The highest BCUT2D eigenvalue weighted by Gasteiger charge is 2.21. The Morgan fingerprint density at radius 3 is 2.68 bits per heavy atom. The Labute approximate surface area is 202 Å². The van der Waals surface area contributed by atoms with Crippen molar-refractivity contribution in [1.29, 1.82) is 5.26 Å². The lowest BCUT2D eigenvalue weighted by Crippen LogP contribution is -2.49. The fourth-order valence-corrected chi connectivity index (χ4v) is 4.73. The van der Waals surface area contributed by atoms with Crippen molar-refractivity contribution >= 4 is 28.5 Å². The first-order chi connectivity index (χ1) is 16.5. The Bertz CT molecular complexity index is 1470. The van der Waals surface area contributed by atoms with E-state index in [0.29, 0.717) is 45.6 Å². The summed E-state index contributed by atoms with van der Waals surface area (Å²) in [5.41, 5.74) is 3.11. The maximum Gasteiger partial charge on any atom is 0.274 e. The fraction of sp³-hybridized carbons (Fsp3) is 0.280. The van der Waals surface area contributed by atoms with Gasteiger partial charge in [0.05, 0.1) is 23.0 Å². The quantitative estimate of drug-likeness (QED) is 0.489. The van der Waals surface area contributed by atoms with Crippen LogP contribution in [0.4, 0.5) is 5.95 Å². The minimum atomic E-state index is -0.162. The minimum Gasteiger partial charge on any atom is -0.338 e. The molecule has 2 aromatic heterocycles. The zero-order valence-electron chi connectivity index (χ0n) is 19.0. The lowest BCUT2D eigenvalue weighted by Gasteiger charge is -2.31. The Morgan fingerprint density at radius 1 is 1.21 bits per heavy atom. The number of benzene rings is 2. The first kappa shape index (κ1) is 22.1. The highest BCUT2D eigenvalue weighted by Crippen LogP contribution is 2.30. The molecule has 34 heavy (non-hydrogen) atoms. The van der Waals surface area contributed by atoms with Gasteiger partial charge in [-0.2, -0.15) is 5.26 Å². The standard InChI is InChI=1S/C25H24ClN7O/c1-16-14-32(10-9-28-16)25-29-12-18(13-30-25)19-7-8-20-23(21(19)11-27)33(31(2)24(20)34)15-17-5-3-4-6-22(17)26/h3-8,12-13,16,28H,9-10,14-15H2,1-2H3. The molecule has 0 saturated carbocycles. The van der Waals surface area contributed by atoms with Gasteiger partial charge in [0.15, 0.2) is 0 Å². The molecule has 1 atom stereocenters. The second kappa shape index (κ2) is 8.93. The first-order valence-corrected chi connectivity index (χ1v) is 11.5. The van der Waals surface area contributed by atoms with E-state index in [0.717, 1.165) is 30.8 Å². The molecule has 172 valence electrons. The van der Waals surface area contributed by atoms with E-state index in [2.05, 4.69) is 33.2 Å². The van der Waals surface area contributed by atoms with E-state index in [9.17, 15) is 10.1 Å². The zero-order valence-corrected chi connectivity index (χ0v) is 19.8. The Hall–Kier alpha value is -3.67. The molecule has 2 aromatic carbocycles. The van der Waals surface area contributed by atoms with Gasteiger partial charge in [-0.15, -0.1) is 0 Å². The van der Waals surface area contributed by atoms with E-state index >= 15 is 0 Å². The Kier molecular flexibility index (Phi) is 5.82. The molecule has 1 aliphatic rings. The van der Waals surface area contributed by atoms with Crippen LogP contribution in [0.3, 0.4) is 0 Å². The van der Waals surface area contributed by atoms with Crippen LogP contribution < -0.4 is 15.8 Å². The number of nitriles is 1. The lowest BCUT2D eigenvalue weighted by atomic mass is 10.00. The van der Waals surface area contributed by atoms with Crippen LogP contribution in [0, 0.1) is 11.3 Å². The minimum absolute atomic E-state index is 0.162. The van der Waals surface area contributed by atoms with Crippen molar-refractivity contribution in [1.82, 2.24) is 24.6 Å². The van der Waals surface area contributed by atoms with Crippen molar-refractivity contribution < 1.29 is 0 Å². The van der Waals surface area contributed by atoms with E-state index in [1.54, 1.807) is 36.3 Å². The van der Waals surface area contributed by atoms with Crippen molar-refractivity contribution in [2.24, 2.45) is 7.05 Å². The number of nitrogens with one attached hydrogen (secondary N) is 1. The molecule has 0 radical (unpaired) electrons. The molecule has 1 aliphatic heterocycles. The third kappa shape index (κ3) is 3.83. The summed E-state index contributed by atoms with van der Waals surface area (Å²) >= 11 is 6.38. The third-order valence-corrected chi connectivity index (χ3v) is 6.68. The van der Waals surface area contributed by atoms with Crippen LogP contribution in [-0.4, -0.2) is 45.0 Å². The second-order valence-electron chi connectivity index (χ2n) is 8.55. The van der Waals surface area contributed by atoms with E-state index in [1.807, 2.05) is 24.3 Å². The van der Waals surface area contributed by atoms with Crippen molar-refractivity contribution in [3.8, 4) is 17.2 Å². The van der Waals surface area contributed by atoms with E-state index in [1.165, 1.54) is 4.68 Å². The third-order valence-electron chi connectivity index (χ3n) is 6.31. The summed E-state index contributed by atoms with van der Waals surface area (Å²) in [6.07, 6.45) is 3.49. The lowest BCUT2D eigenvalue weighted by molar-refractivity contribution is 0.479. The number of nitrogens with zero attached hydrogens (tertiary/aromatic N) is 6. The van der Waals surface area contributed by atoms with E-state index in [-0.39, 0.29) is 5.56 Å². The van der Waals surface area contributed by atoms with Crippen LogP contribution in [0.15, 0.2) is 53.6 Å². The molecule has 9 heteroatoms. The molecule has 5 rings (SSSR count). The predicted molar refractivity (Wildman–Crippen MR) is 133 cm³/mol. The molecule has 1 unspecified atom stereocenters. The fourth-order valence-electron chi connectivity index (χ4n) is 4.53. The van der Waals surface area contributed by atoms with E-state index in [4.69, 9.17) is 11.6 Å². The average molecular weight is 474 g/mol. The van der Waals surface area contributed by atoms with Gasteiger partial charge in [-0.25, -0.2) is 9.97 Å². The van der Waals surface area contributed by atoms with Crippen LogP contribution in [0.2, 0.25) is 5.02 Å². The maximum absolute atomic E-state index is 13.0. The number of hydrogen-bond acceptors (Lipinski definition) is 6. The van der Waals surface area contributed by atoms with Gasteiger partial charge in [-0.3, -0.25) is 14.2 Å². The molecule has 1 fully saturated rings. The number of aromatic nitrogens is 4. The van der Waals surface area contributed by atoms with Gasteiger partial charge in [0.1, 0.15) is 6.07 Å². The number of halogens is 1. The first-order valence-electron chi connectivity index (χ1n) is 11.1. The van der Waals surface area contributed by atoms with Crippen molar-refractivity contribution in [2.75, 3.05) is 24.5 Å². The average Bonchev–Trinajstić information content (AvgIpc) is 3.10. The summed E-state index contributed by atoms with van der Waals surface area (Å²) in [4.78, 5) is 24.3. The molecular formula is C25H24ClN7O. The van der Waals surface area contributed by atoms with Gasteiger partial charge in [0.2, 0.25) is 5.95 Å².